The van der Waals surface area contributed by atoms with Crippen molar-refractivity contribution >= 4 is 17.3 Å². The Balaban J connectivity index is 2.31. The smallest absolute Gasteiger partial charge is 0.258 e. The monoisotopic (exact) mass is 241 g/mol. The number of aryl methyl sites for hydroxylation is 2. The fourth-order valence-corrected chi connectivity index (χ4v) is 1.78. The molecule has 2 aromatic rings. The summed E-state index contributed by atoms with van der Waals surface area (Å²) in [5.74, 6) is -0.207. The number of carbonyl (C=O) groups excluding carboxylic acids is 1. The van der Waals surface area contributed by atoms with Crippen LogP contribution in [-0.2, 0) is 0 Å². The van der Waals surface area contributed by atoms with Crippen LogP contribution < -0.4 is 11.1 Å². The number of rotatable bonds is 2. The van der Waals surface area contributed by atoms with Crippen LogP contribution in [0.2, 0.25) is 0 Å². The molecule has 4 heteroatoms. The Labute approximate surface area is 106 Å². The quantitative estimate of drug-likeness (QED) is 0.794. The number of nitrogens with zero attached hydrogens (tertiary/aromatic N) is 1. The highest BCUT2D eigenvalue weighted by molar-refractivity contribution is 6.08. The lowest BCUT2D eigenvalue weighted by atomic mass is 10.1. The molecule has 0 spiro atoms. The Morgan fingerprint density at radius 3 is 2.67 bits per heavy atom. The first kappa shape index (κ1) is 12.1. The zero-order valence-electron chi connectivity index (χ0n) is 10.4. The number of nitrogen functional groups attached to an aromatic ring is 1. The Morgan fingerprint density at radius 1 is 1.22 bits per heavy atom. The molecule has 0 aliphatic carbocycles. The van der Waals surface area contributed by atoms with Gasteiger partial charge in [0.05, 0.1) is 17.4 Å². The minimum atomic E-state index is -0.207. The number of nitrogens with two attached hydrogens (primary N) is 1. The van der Waals surface area contributed by atoms with Gasteiger partial charge in [0.25, 0.3) is 5.91 Å². The Hall–Kier alpha value is -2.36. The molecule has 0 saturated carbocycles. The van der Waals surface area contributed by atoms with E-state index in [0.717, 1.165) is 11.1 Å². The Kier molecular flexibility index (Phi) is 3.28. The molecule has 0 saturated heterocycles. The molecule has 0 radical (unpaired) electrons. The van der Waals surface area contributed by atoms with E-state index >= 15 is 0 Å². The van der Waals surface area contributed by atoms with Crippen molar-refractivity contribution in [2.24, 2.45) is 0 Å². The Morgan fingerprint density at radius 2 is 2.00 bits per heavy atom. The van der Waals surface area contributed by atoms with Crippen molar-refractivity contribution in [1.29, 1.82) is 0 Å². The van der Waals surface area contributed by atoms with E-state index in [1.807, 2.05) is 32.0 Å². The summed E-state index contributed by atoms with van der Waals surface area (Å²) in [6.07, 6.45) is 3.31. The summed E-state index contributed by atoms with van der Waals surface area (Å²) in [4.78, 5) is 16.2. The normalized spacial score (nSPS) is 10.1. The molecule has 0 aliphatic heterocycles. The van der Waals surface area contributed by atoms with Gasteiger partial charge in [0.2, 0.25) is 0 Å². The first-order valence-corrected chi connectivity index (χ1v) is 5.66. The van der Waals surface area contributed by atoms with Gasteiger partial charge < -0.3 is 11.1 Å². The van der Waals surface area contributed by atoms with Gasteiger partial charge in [-0.1, -0.05) is 12.1 Å². The molecular weight excluding hydrogens is 226 g/mol. The van der Waals surface area contributed by atoms with Crippen LogP contribution in [0.3, 0.4) is 0 Å². The van der Waals surface area contributed by atoms with E-state index in [1.165, 1.54) is 0 Å². The van der Waals surface area contributed by atoms with E-state index in [2.05, 4.69) is 10.3 Å². The van der Waals surface area contributed by atoms with E-state index in [4.69, 9.17) is 5.73 Å². The summed E-state index contributed by atoms with van der Waals surface area (Å²) in [5, 5.41) is 2.83. The molecule has 0 fully saturated rings. The number of benzene rings is 1. The van der Waals surface area contributed by atoms with Crippen molar-refractivity contribution in [3.05, 3.63) is 53.3 Å². The maximum atomic E-state index is 12.2. The number of amides is 1. The van der Waals surface area contributed by atoms with Gasteiger partial charge in [-0.2, -0.15) is 0 Å². The van der Waals surface area contributed by atoms with Gasteiger partial charge >= 0.3 is 0 Å². The molecular formula is C14H15N3O. The molecule has 0 aliphatic rings. The molecule has 3 N–H and O–H groups in total. The molecule has 1 heterocycles. The number of anilines is 2. The molecule has 0 atom stereocenters. The summed E-state index contributed by atoms with van der Waals surface area (Å²) in [6.45, 7) is 3.78. The molecule has 92 valence electrons. The molecule has 1 amide bonds. The second-order valence-corrected chi connectivity index (χ2v) is 4.18. The van der Waals surface area contributed by atoms with Crippen LogP contribution in [0.1, 0.15) is 21.5 Å². The highest BCUT2D eigenvalue weighted by Crippen LogP contribution is 2.19. The van der Waals surface area contributed by atoms with Crippen molar-refractivity contribution in [2.45, 2.75) is 13.8 Å². The standard InChI is InChI=1S/C14H15N3O/c1-9-6-7-16-8-12(9)17-14(18)13-10(2)4-3-5-11(13)15/h3-8H,15H2,1-2H3,(H,17,18). The van der Waals surface area contributed by atoms with Gasteiger partial charge in [-0.3, -0.25) is 9.78 Å². The average molecular weight is 241 g/mol. The number of aromatic nitrogens is 1. The van der Waals surface area contributed by atoms with Crippen molar-refractivity contribution < 1.29 is 4.79 Å². The molecule has 1 aromatic carbocycles. The van der Waals surface area contributed by atoms with E-state index in [9.17, 15) is 4.79 Å². The van der Waals surface area contributed by atoms with Crippen molar-refractivity contribution in [2.75, 3.05) is 11.1 Å². The van der Waals surface area contributed by atoms with Crippen LogP contribution in [0.15, 0.2) is 36.7 Å². The van der Waals surface area contributed by atoms with Gasteiger partial charge in [-0.25, -0.2) is 0 Å². The molecule has 18 heavy (non-hydrogen) atoms. The topological polar surface area (TPSA) is 68.0 Å². The summed E-state index contributed by atoms with van der Waals surface area (Å²) in [6, 6.07) is 7.26. The first-order chi connectivity index (χ1) is 8.59. The lowest BCUT2D eigenvalue weighted by Gasteiger charge is -2.11. The summed E-state index contributed by atoms with van der Waals surface area (Å²) in [7, 11) is 0. The fraction of sp³-hybridized carbons (Fsp3) is 0.143. The minimum Gasteiger partial charge on any atom is -0.398 e. The van der Waals surface area contributed by atoms with E-state index in [1.54, 1.807) is 18.5 Å². The summed E-state index contributed by atoms with van der Waals surface area (Å²) < 4.78 is 0. The van der Waals surface area contributed by atoms with Gasteiger partial charge in [0, 0.05) is 11.9 Å². The number of hydrogen-bond acceptors (Lipinski definition) is 3. The number of pyridine rings is 1. The van der Waals surface area contributed by atoms with Crippen LogP contribution in [0.4, 0.5) is 11.4 Å². The van der Waals surface area contributed by atoms with E-state index < -0.39 is 0 Å². The van der Waals surface area contributed by atoms with Gasteiger partial charge in [-0.15, -0.1) is 0 Å². The number of carbonyl (C=O) groups is 1. The highest BCUT2D eigenvalue weighted by atomic mass is 16.1. The number of hydrogen-bond donors (Lipinski definition) is 2. The van der Waals surface area contributed by atoms with Crippen molar-refractivity contribution in [3.63, 3.8) is 0 Å². The largest absolute Gasteiger partial charge is 0.398 e. The van der Waals surface area contributed by atoms with Crippen LogP contribution in [0.25, 0.3) is 0 Å². The molecule has 2 rings (SSSR count). The zero-order valence-corrected chi connectivity index (χ0v) is 10.4. The maximum Gasteiger partial charge on any atom is 0.258 e. The second kappa shape index (κ2) is 4.87. The minimum absolute atomic E-state index is 0.207. The molecule has 4 nitrogen and oxygen atoms in total. The third-order valence-corrected chi connectivity index (χ3v) is 2.82. The molecule has 1 aromatic heterocycles. The van der Waals surface area contributed by atoms with Gasteiger partial charge in [-0.05, 0) is 37.1 Å². The first-order valence-electron chi connectivity index (χ1n) is 5.66. The van der Waals surface area contributed by atoms with E-state index in [-0.39, 0.29) is 5.91 Å². The molecule has 0 bridgehead atoms. The highest BCUT2D eigenvalue weighted by Gasteiger charge is 2.13. The van der Waals surface area contributed by atoms with Crippen LogP contribution in [0.5, 0.6) is 0 Å². The third kappa shape index (κ3) is 2.32. The fourth-order valence-electron chi connectivity index (χ4n) is 1.78. The van der Waals surface area contributed by atoms with Crippen molar-refractivity contribution in [1.82, 2.24) is 4.98 Å². The van der Waals surface area contributed by atoms with Gasteiger partial charge in [0.1, 0.15) is 0 Å². The SMILES string of the molecule is Cc1ccncc1NC(=O)c1c(C)cccc1N. The predicted octanol–water partition coefficient (Wildman–Crippen LogP) is 2.53. The van der Waals surface area contributed by atoms with Crippen LogP contribution in [-0.4, -0.2) is 10.9 Å². The summed E-state index contributed by atoms with van der Waals surface area (Å²) >= 11 is 0. The maximum absolute atomic E-state index is 12.2. The third-order valence-electron chi connectivity index (χ3n) is 2.82. The average Bonchev–Trinajstić information content (AvgIpc) is 2.32. The van der Waals surface area contributed by atoms with Gasteiger partial charge in [0.15, 0.2) is 0 Å². The predicted molar refractivity (Wildman–Crippen MR) is 72.5 cm³/mol. The molecule has 0 unspecified atom stereocenters. The lowest BCUT2D eigenvalue weighted by molar-refractivity contribution is 0.102. The summed E-state index contributed by atoms with van der Waals surface area (Å²) in [5.41, 5.74) is 9.35. The van der Waals surface area contributed by atoms with Crippen LogP contribution >= 0.6 is 0 Å². The lowest BCUT2D eigenvalue weighted by Crippen LogP contribution is -2.16. The zero-order chi connectivity index (χ0) is 13.1. The second-order valence-electron chi connectivity index (χ2n) is 4.18. The Bertz CT molecular complexity index is 573. The van der Waals surface area contributed by atoms with E-state index in [0.29, 0.717) is 16.9 Å². The van der Waals surface area contributed by atoms with Crippen molar-refractivity contribution in [3.8, 4) is 0 Å². The number of nitrogens with one attached hydrogen (secondary N) is 1. The van der Waals surface area contributed by atoms with Crippen LogP contribution in [0, 0.1) is 13.8 Å².